The monoisotopic (exact) mass is 399 g/mol. The zero-order valence-electron chi connectivity index (χ0n) is 16.4. The Morgan fingerprint density at radius 2 is 2.07 bits per heavy atom. The maximum absolute atomic E-state index is 12.3. The summed E-state index contributed by atoms with van der Waals surface area (Å²) in [6, 6.07) is 7.46. The largest absolute Gasteiger partial charge is 0.497 e. The molecule has 28 heavy (non-hydrogen) atoms. The molecule has 1 aliphatic heterocycles. The van der Waals surface area contributed by atoms with Gasteiger partial charge < -0.3 is 9.64 Å². The first-order chi connectivity index (χ1) is 13.4. The summed E-state index contributed by atoms with van der Waals surface area (Å²) >= 11 is 1.44. The van der Waals surface area contributed by atoms with Crippen molar-refractivity contribution in [2.75, 3.05) is 19.0 Å². The van der Waals surface area contributed by atoms with E-state index >= 15 is 0 Å². The molecule has 7 heteroatoms. The SMILES string of the molecule is COc1ccc(/C=C/C(=O)Nc2nc3c(s2)CN(C(=O)CC(C)C)CC3)cc1. The molecule has 0 saturated heterocycles. The lowest BCUT2D eigenvalue weighted by Crippen LogP contribution is -2.36. The predicted octanol–water partition coefficient (Wildman–Crippen LogP) is 3.73. The van der Waals surface area contributed by atoms with E-state index in [9.17, 15) is 9.59 Å². The fraction of sp³-hybridized carbons (Fsp3) is 0.381. The normalized spacial score (nSPS) is 13.6. The summed E-state index contributed by atoms with van der Waals surface area (Å²) in [5.74, 6) is 1.08. The highest BCUT2D eigenvalue weighted by atomic mass is 32.1. The van der Waals surface area contributed by atoms with E-state index in [1.807, 2.05) is 43.0 Å². The highest BCUT2D eigenvalue weighted by Gasteiger charge is 2.24. The zero-order valence-corrected chi connectivity index (χ0v) is 17.2. The molecule has 1 aromatic carbocycles. The van der Waals surface area contributed by atoms with E-state index in [0.717, 1.165) is 28.3 Å². The van der Waals surface area contributed by atoms with Crippen LogP contribution in [-0.4, -0.2) is 35.4 Å². The molecular formula is C21H25N3O3S. The number of carbonyl (C=O) groups excluding carboxylic acids is 2. The van der Waals surface area contributed by atoms with Crippen molar-refractivity contribution in [1.82, 2.24) is 9.88 Å². The molecule has 1 aliphatic rings. The number of hydrogen-bond acceptors (Lipinski definition) is 5. The van der Waals surface area contributed by atoms with Crippen LogP contribution in [-0.2, 0) is 22.6 Å². The highest BCUT2D eigenvalue weighted by molar-refractivity contribution is 7.15. The van der Waals surface area contributed by atoms with Crippen LogP contribution in [0.5, 0.6) is 5.75 Å². The van der Waals surface area contributed by atoms with Gasteiger partial charge in [-0.2, -0.15) is 0 Å². The van der Waals surface area contributed by atoms with Crippen molar-refractivity contribution >= 4 is 34.4 Å². The maximum Gasteiger partial charge on any atom is 0.250 e. The van der Waals surface area contributed by atoms with Gasteiger partial charge in [-0.05, 0) is 29.7 Å². The van der Waals surface area contributed by atoms with Crippen molar-refractivity contribution in [3.8, 4) is 5.75 Å². The third kappa shape index (κ3) is 5.19. The number of methoxy groups -OCH3 is 1. The van der Waals surface area contributed by atoms with Gasteiger partial charge in [0.1, 0.15) is 5.75 Å². The number of anilines is 1. The topological polar surface area (TPSA) is 71.5 Å². The Balaban J connectivity index is 1.58. The van der Waals surface area contributed by atoms with Crippen LogP contribution in [0.1, 0.15) is 36.4 Å². The number of nitrogens with one attached hydrogen (secondary N) is 1. The van der Waals surface area contributed by atoms with E-state index in [-0.39, 0.29) is 11.8 Å². The number of hydrogen-bond donors (Lipinski definition) is 1. The zero-order chi connectivity index (χ0) is 20.1. The number of rotatable bonds is 6. The van der Waals surface area contributed by atoms with Crippen molar-refractivity contribution in [3.63, 3.8) is 0 Å². The number of fused-ring (bicyclic) bond motifs is 1. The van der Waals surface area contributed by atoms with Gasteiger partial charge >= 0.3 is 0 Å². The quantitative estimate of drug-likeness (QED) is 0.751. The molecule has 3 rings (SSSR count). The summed E-state index contributed by atoms with van der Waals surface area (Å²) in [5, 5.41) is 3.40. The molecule has 6 nitrogen and oxygen atoms in total. The van der Waals surface area contributed by atoms with Gasteiger partial charge in [0.2, 0.25) is 11.8 Å². The minimum Gasteiger partial charge on any atom is -0.497 e. The first kappa shape index (κ1) is 20.1. The second-order valence-electron chi connectivity index (χ2n) is 7.15. The molecule has 0 atom stereocenters. The summed E-state index contributed by atoms with van der Waals surface area (Å²) in [4.78, 5) is 31.9. The van der Waals surface area contributed by atoms with Crippen molar-refractivity contribution < 1.29 is 14.3 Å². The number of nitrogens with zero attached hydrogens (tertiary/aromatic N) is 2. The Bertz CT molecular complexity index is 872. The average molecular weight is 400 g/mol. The van der Waals surface area contributed by atoms with Crippen molar-refractivity contribution in [1.29, 1.82) is 0 Å². The van der Waals surface area contributed by atoms with Crippen LogP contribution >= 0.6 is 11.3 Å². The van der Waals surface area contributed by atoms with Crippen LogP contribution in [0.2, 0.25) is 0 Å². The summed E-state index contributed by atoms with van der Waals surface area (Å²) in [7, 11) is 1.62. The number of carbonyl (C=O) groups is 2. The van der Waals surface area contributed by atoms with Crippen molar-refractivity contribution in [2.24, 2.45) is 5.92 Å². The molecule has 0 fully saturated rings. The van der Waals surface area contributed by atoms with Gasteiger partial charge in [0.15, 0.2) is 5.13 Å². The standard InChI is InChI=1S/C21H25N3O3S/c1-14(2)12-20(26)24-11-10-17-18(13-24)28-21(22-17)23-19(25)9-6-15-4-7-16(27-3)8-5-15/h4-9,14H,10-13H2,1-3H3,(H,22,23,25)/b9-6+. The van der Waals surface area contributed by atoms with Gasteiger partial charge in [-0.15, -0.1) is 0 Å². The molecule has 2 aromatic rings. The van der Waals surface area contributed by atoms with Gasteiger partial charge in [0, 0.05) is 30.3 Å². The number of benzene rings is 1. The van der Waals surface area contributed by atoms with Crippen molar-refractivity contribution in [2.45, 2.75) is 33.2 Å². The van der Waals surface area contributed by atoms with E-state index in [1.165, 1.54) is 17.4 Å². The van der Waals surface area contributed by atoms with Gasteiger partial charge in [-0.25, -0.2) is 4.98 Å². The lowest BCUT2D eigenvalue weighted by atomic mass is 10.1. The lowest BCUT2D eigenvalue weighted by molar-refractivity contribution is -0.132. The Hall–Kier alpha value is -2.67. The number of amides is 2. The fourth-order valence-corrected chi connectivity index (χ4v) is 4.00. The van der Waals surface area contributed by atoms with Crippen LogP contribution < -0.4 is 10.1 Å². The number of aromatic nitrogens is 1. The van der Waals surface area contributed by atoms with Crippen LogP contribution in [0.25, 0.3) is 6.08 Å². The molecule has 0 aliphatic carbocycles. The Morgan fingerprint density at radius 3 is 2.75 bits per heavy atom. The van der Waals surface area contributed by atoms with Gasteiger partial charge in [0.25, 0.3) is 0 Å². The fourth-order valence-electron chi connectivity index (χ4n) is 2.97. The van der Waals surface area contributed by atoms with E-state index in [1.54, 1.807) is 13.2 Å². The molecular weight excluding hydrogens is 374 g/mol. The van der Waals surface area contributed by atoms with Crippen LogP contribution in [0.15, 0.2) is 30.3 Å². The molecule has 0 bridgehead atoms. The van der Waals surface area contributed by atoms with Crippen molar-refractivity contribution in [3.05, 3.63) is 46.5 Å². The third-order valence-corrected chi connectivity index (χ3v) is 5.44. The Morgan fingerprint density at radius 1 is 1.32 bits per heavy atom. The Labute approximate surface area is 169 Å². The van der Waals surface area contributed by atoms with Gasteiger partial charge in [-0.1, -0.05) is 37.3 Å². The van der Waals surface area contributed by atoms with E-state index in [2.05, 4.69) is 10.3 Å². The summed E-state index contributed by atoms with van der Waals surface area (Å²) in [6.07, 6.45) is 4.52. The van der Waals surface area contributed by atoms with E-state index in [0.29, 0.717) is 30.6 Å². The average Bonchev–Trinajstić information content (AvgIpc) is 3.07. The summed E-state index contributed by atoms with van der Waals surface area (Å²) in [6.45, 7) is 5.36. The minimum atomic E-state index is -0.227. The molecule has 0 spiro atoms. The number of ether oxygens (including phenoxy) is 1. The molecule has 1 aromatic heterocycles. The summed E-state index contributed by atoms with van der Waals surface area (Å²) in [5.41, 5.74) is 1.89. The number of thiazole rings is 1. The van der Waals surface area contributed by atoms with Crippen LogP contribution in [0.3, 0.4) is 0 Å². The first-order valence-electron chi connectivity index (χ1n) is 9.34. The third-order valence-electron chi connectivity index (χ3n) is 4.44. The minimum absolute atomic E-state index is 0.182. The molecule has 0 radical (unpaired) electrons. The second-order valence-corrected chi connectivity index (χ2v) is 8.23. The summed E-state index contributed by atoms with van der Waals surface area (Å²) < 4.78 is 5.12. The second kappa shape index (κ2) is 9.01. The van der Waals surface area contributed by atoms with Gasteiger partial charge in [0.05, 0.1) is 19.3 Å². The molecule has 148 valence electrons. The van der Waals surface area contributed by atoms with E-state index < -0.39 is 0 Å². The van der Waals surface area contributed by atoms with E-state index in [4.69, 9.17) is 4.74 Å². The molecule has 2 heterocycles. The molecule has 0 saturated carbocycles. The van der Waals surface area contributed by atoms with Crippen LogP contribution in [0.4, 0.5) is 5.13 Å². The van der Waals surface area contributed by atoms with Crippen LogP contribution in [0, 0.1) is 5.92 Å². The smallest absolute Gasteiger partial charge is 0.250 e. The molecule has 0 unspecified atom stereocenters. The Kier molecular flexibility index (Phi) is 6.46. The highest BCUT2D eigenvalue weighted by Crippen LogP contribution is 2.29. The lowest BCUT2D eigenvalue weighted by Gasteiger charge is -2.26. The first-order valence-corrected chi connectivity index (χ1v) is 10.2. The molecule has 2 amide bonds. The predicted molar refractivity (Wildman–Crippen MR) is 111 cm³/mol. The molecule has 1 N–H and O–H groups in total. The maximum atomic E-state index is 12.3. The van der Waals surface area contributed by atoms with Gasteiger partial charge in [-0.3, -0.25) is 14.9 Å².